The second kappa shape index (κ2) is 7.36. The molecule has 2 aromatic rings. The minimum atomic E-state index is -0.310. The van der Waals surface area contributed by atoms with Crippen LogP contribution >= 0.6 is 0 Å². The van der Waals surface area contributed by atoms with Gasteiger partial charge < -0.3 is 4.90 Å². The summed E-state index contributed by atoms with van der Waals surface area (Å²) in [5.41, 5.74) is 3.98. The van der Waals surface area contributed by atoms with Crippen molar-refractivity contribution in [3.8, 4) is 0 Å². The van der Waals surface area contributed by atoms with E-state index in [1.807, 2.05) is 25.8 Å². The molecule has 0 fully saturated rings. The van der Waals surface area contributed by atoms with Crippen LogP contribution in [0.2, 0.25) is 0 Å². The first-order valence-corrected chi connectivity index (χ1v) is 7.69. The molecule has 2 aromatic carbocycles. The molecule has 0 radical (unpaired) electrons. The maximum absolute atomic E-state index is 13.9. The van der Waals surface area contributed by atoms with Crippen LogP contribution in [-0.4, -0.2) is 24.8 Å². The number of halogens is 2. The van der Waals surface area contributed by atoms with Crippen LogP contribution in [0.4, 0.5) is 14.5 Å². The fraction of sp³-hybridized carbons (Fsp3) is 0.316. The van der Waals surface area contributed by atoms with Crippen molar-refractivity contribution in [1.29, 1.82) is 0 Å². The summed E-state index contributed by atoms with van der Waals surface area (Å²) in [6.07, 6.45) is 2.25. The summed E-state index contributed by atoms with van der Waals surface area (Å²) in [5, 5.41) is 0. The van der Waals surface area contributed by atoms with Crippen molar-refractivity contribution in [1.82, 2.24) is 4.90 Å². The molecule has 0 bridgehead atoms. The Morgan fingerprint density at radius 3 is 2.52 bits per heavy atom. The van der Waals surface area contributed by atoms with E-state index in [0.717, 1.165) is 23.2 Å². The van der Waals surface area contributed by atoms with Crippen molar-refractivity contribution in [2.24, 2.45) is 4.99 Å². The molecular weight excluding hydrogens is 294 g/mol. The van der Waals surface area contributed by atoms with Gasteiger partial charge in [-0.2, -0.15) is 0 Å². The topological polar surface area (TPSA) is 15.6 Å². The molecule has 0 aromatic heterocycles. The molecule has 2 nitrogen and oxygen atoms in total. The lowest BCUT2D eigenvalue weighted by Gasteiger charge is -2.12. The Hall–Kier alpha value is -2.23. The second-order valence-electron chi connectivity index (χ2n) is 5.79. The lowest BCUT2D eigenvalue weighted by atomic mass is 9.98. The molecule has 0 aliphatic rings. The minimum absolute atomic E-state index is 0.224. The van der Waals surface area contributed by atoms with Gasteiger partial charge in [-0.15, -0.1) is 0 Å². The fourth-order valence-electron chi connectivity index (χ4n) is 2.32. The number of rotatable bonds is 5. The molecule has 0 N–H and O–H groups in total. The standard InChI is InChI=1S/C19H22F2N2/c1-5-23(4)12-22-19-11-17(20)10-16(14(19)3)9-15-6-7-18(21)13(2)8-15/h6-8,10-12H,5,9H2,1-4H3. The van der Waals surface area contributed by atoms with Crippen molar-refractivity contribution >= 4 is 12.0 Å². The number of aliphatic imine (C=N–C) groups is 1. The van der Waals surface area contributed by atoms with Gasteiger partial charge in [-0.25, -0.2) is 13.8 Å². The van der Waals surface area contributed by atoms with E-state index in [0.29, 0.717) is 17.7 Å². The van der Waals surface area contributed by atoms with Crippen molar-refractivity contribution < 1.29 is 8.78 Å². The summed E-state index contributed by atoms with van der Waals surface area (Å²) < 4.78 is 27.3. The van der Waals surface area contributed by atoms with Gasteiger partial charge in [0.25, 0.3) is 0 Å². The first-order valence-electron chi connectivity index (χ1n) is 7.69. The molecule has 4 heteroatoms. The zero-order valence-electron chi connectivity index (χ0n) is 14.0. The van der Waals surface area contributed by atoms with Crippen molar-refractivity contribution in [3.63, 3.8) is 0 Å². The first kappa shape index (κ1) is 17.1. The third-order valence-corrected chi connectivity index (χ3v) is 3.96. The largest absolute Gasteiger partial charge is 0.366 e. The Morgan fingerprint density at radius 1 is 1.13 bits per heavy atom. The summed E-state index contributed by atoms with van der Waals surface area (Å²) in [6.45, 7) is 6.52. The van der Waals surface area contributed by atoms with Gasteiger partial charge in [-0.05, 0) is 67.6 Å². The van der Waals surface area contributed by atoms with E-state index in [1.165, 1.54) is 18.2 Å². The molecule has 0 aliphatic heterocycles. The van der Waals surface area contributed by atoms with Crippen molar-refractivity contribution in [2.45, 2.75) is 27.2 Å². The third kappa shape index (κ3) is 4.38. The highest BCUT2D eigenvalue weighted by atomic mass is 19.1. The molecule has 0 saturated carbocycles. The molecule has 0 amide bonds. The van der Waals surface area contributed by atoms with Gasteiger partial charge in [-0.1, -0.05) is 12.1 Å². The Balaban J connectivity index is 2.33. The average Bonchev–Trinajstić information content (AvgIpc) is 2.52. The lowest BCUT2D eigenvalue weighted by Crippen LogP contribution is -2.14. The van der Waals surface area contributed by atoms with E-state index >= 15 is 0 Å². The minimum Gasteiger partial charge on any atom is -0.366 e. The maximum Gasteiger partial charge on any atom is 0.126 e. The van der Waals surface area contributed by atoms with Crippen molar-refractivity contribution in [3.05, 3.63) is 64.2 Å². The summed E-state index contributed by atoms with van der Waals surface area (Å²) in [4.78, 5) is 6.30. The maximum atomic E-state index is 13.9. The highest BCUT2D eigenvalue weighted by Crippen LogP contribution is 2.26. The lowest BCUT2D eigenvalue weighted by molar-refractivity contribution is 0.552. The number of nitrogens with zero attached hydrogens (tertiary/aromatic N) is 2. The van der Waals surface area contributed by atoms with Gasteiger partial charge in [0.2, 0.25) is 0 Å². The normalized spacial score (nSPS) is 11.2. The third-order valence-electron chi connectivity index (χ3n) is 3.96. The summed E-state index contributed by atoms with van der Waals surface area (Å²) in [7, 11) is 1.92. The zero-order chi connectivity index (χ0) is 17.0. The molecule has 122 valence electrons. The van der Waals surface area contributed by atoms with E-state index in [1.54, 1.807) is 25.4 Å². The van der Waals surface area contributed by atoms with Crippen molar-refractivity contribution in [2.75, 3.05) is 13.6 Å². The fourth-order valence-corrected chi connectivity index (χ4v) is 2.32. The molecule has 0 aliphatic carbocycles. The SMILES string of the molecule is CCN(C)C=Nc1cc(F)cc(Cc2ccc(F)c(C)c2)c1C. The van der Waals surface area contributed by atoms with E-state index in [9.17, 15) is 8.78 Å². The van der Waals surface area contributed by atoms with E-state index < -0.39 is 0 Å². The summed E-state index contributed by atoms with van der Waals surface area (Å²) in [6, 6.07) is 7.95. The highest BCUT2D eigenvalue weighted by molar-refractivity contribution is 5.64. The van der Waals surface area contributed by atoms with Gasteiger partial charge in [0.1, 0.15) is 11.6 Å². The van der Waals surface area contributed by atoms with E-state index in [-0.39, 0.29) is 11.6 Å². The molecule has 0 saturated heterocycles. The van der Waals surface area contributed by atoms with Crippen LogP contribution in [0.3, 0.4) is 0 Å². The monoisotopic (exact) mass is 316 g/mol. The van der Waals surface area contributed by atoms with Crippen LogP contribution in [0.15, 0.2) is 35.3 Å². The number of aryl methyl sites for hydroxylation is 1. The molecular formula is C19H22F2N2. The molecule has 0 heterocycles. The number of benzene rings is 2. The van der Waals surface area contributed by atoms with Crippen LogP contribution in [-0.2, 0) is 6.42 Å². The van der Waals surface area contributed by atoms with Gasteiger partial charge in [0.15, 0.2) is 0 Å². The predicted molar refractivity (Wildman–Crippen MR) is 91.5 cm³/mol. The zero-order valence-corrected chi connectivity index (χ0v) is 14.0. The van der Waals surface area contributed by atoms with Crippen LogP contribution in [0.25, 0.3) is 0 Å². The Kier molecular flexibility index (Phi) is 5.48. The number of hydrogen-bond donors (Lipinski definition) is 0. The van der Waals surface area contributed by atoms with E-state index in [2.05, 4.69) is 4.99 Å². The Bertz CT molecular complexity index is 724. The Labute approximate surface area is 136 Å². The van der Waals surface area contributed by atoms with Crippen LogP contribution in [0.5, 0.6) is 0 Å². The van der Waals surface area contributed by atoms with Crippen LogP contribution < -0.4 is 0 Å². The van der Waals surface area contributed by atoms with Gasteiger partial charge in [0, 0.05) is 13.6 Å². The van der Waals surface area contributed by atoms with Crippen LogP contribution in [0, 0.1) is 25.5 Å². The molecule has 2 rings (SSSR count). The van der Waals surface area contributed by atoms with E-state index in [4.69, 9.17) is 0 Å². The smallest absolute Gasteiger partial charge is 0.126 e. The molecule has 0 unspecified atom stereocenters. The summed E-state index contributed by atoms with van der Waals surface area (Å²) in [5.74, 6) is -0.534. The molecule has 23 heavy (non-hydrogen) atoms. The summed E-state index contributed by atoms with van der Waals surface area (Å²) >= 11 is 0. The quantitative estimate of drug-likeness (QED) is 0.572. The van der Waals surface area contributed by atoms with Gasteiger partial charge in [0.05, 0.1) is 12.0 Å². The second-order valence-corrected chi connectivity index (χ2v) is 5.79. The molecule has 0 spiro atoms. The highest BCUT2D eigenvalue weighted by Gasteiger charge is 2.09. The Morgan fingerprint density at radius 2 is 1.87 bits per heavy atom. The van der Waals surface area contributed by atoms with Crippen LogP contribution in [0.1, 0.15) is 29.2 Å². The first-order chi connectivity index (χ1) is 10.9. The predicted octanol–water partition coefficient (Wildman–Crippen LogP) is 4.78. The number of hydrogen-bond acceptors (Lipinski definition) is 1. The molecule has 0 atom stereocenters. The average molecular weight is 316 g/mol. The van der Waals surface area contributed by atoms with Gasteiger partial charge >= 0.3 is 0 Å². The van der Waals surface area contributed by atoms with Gasteiger partial charge in [-0.3, -0.25) is 0 Å².